The van der Waals surface area contributed by atoms with E-state index in [0.29, 0.717) is 12.8 Å². The second-order valence-corrected chi connectivity index (χ2v) is 7.75. The summed E-state index contributed by atoms with van der Waals surface area (Å²) in [6.07, 6.45) is 2.03. The smallest absolute Gasteiger partial charge is 0.243 e. The topological polar surface area (TPSA) is 75.3 Å². The van der Waals surface area contributed by atoms with Crippen LogP contribution in [-0.4, -0.2) is 37.9 Å². The third-order valence-corrected chi connectivity index (χ3v) is 5.72. The highest BCUT2D eigenvalue weighted by molar-refractivity contribution is 7.91. The van der Waals surface area contributed by atoms with Gasteiger partial charge in [-0.15, -0.1) is 0 Å². The highest BCUT2D eigenvalue weighted by Crippen LogP contribution is 2.25. The Morgan fingerprint density at radius 2 is 2.10 bits per heavy atom. The Kier molecular flexibility index (Phi) is 3.41. The minimum atomic E-state index is -2.99. The zero-order chi connectivity index (χ0) is 14.2. The predicted molar refractivity (Wildman–Crippen MR) is 77.4 cm³/mol. The van der Waals surface area contributed by atoms with E-state index in [2.05, 4.69) is 10.6 Å². The molecule has 0 aromatic heterocycles. The van der Waals surface area contributed by atoms with E-state index in [1.807, 2.05) is 24.3 Å². The highest BCUT2D eigenvalue weighted by Gasteiger charge is 2.30. The lowest BCUT2D eigenvalue weighted by Crippen LogP contribution is -2.48. The van der Waals surface area contributed by atoms with Crippen LogP contribution in [0.2, 0.25) is 0 Å². The zero-order valence-electron chi connectivity index (χ0n) is 11.1. The summed E-state index contributed by atoms with van der Waals surface area (Å²) < 4.78 is 23.2. The number of anilines is 1. The van der Waals surface area contributed by atoms with E-state index < -0.39 is 9.84 Å². The summed E-state index contributed by atoms with van der Waals surface area (Å²) in [5, 5.41) is 6.05. The first-order valence-corrected chi connectivity index (χ1v) is 8.71. The maximum atomic E-state index is 12.2. The molecule has 1 amide bonds. The average Bonchev–Trinajstić information content (AvgIpc) is 2.81. The minimum Gasteiger partial charge on any atom is -0.373 e. The maximum Gasteiger partial charge on any atom is 0.243 e. The summed E-state index contributed by atoms with van der Waals surface area (Å²) in [6, 6.07) is 7.30. The molecule has 1 fully saturated rings. The van der Waals surface area contributed by atoms with Crippen molar-refractivity contribution in [2.24, 2.45) is 0 Å². The number of nitrogens with one attached hydrogen (secondary N) is 2. The van der Waals surface area contributed by atoms with Crippen LogP contribution in [-0.2, 0) is 21.1 Å². The summed E-state index contributed by atoms with van der Waals surface area (Å²) in [7, 11) is -2.99. The van der Waals surface area contributed by atoms with E-state index in [9.17, 15) is 13.2 Å². The largest absolute Gasteiger partial charge is 0.373 e. The first-order valence-electron chi connectivity index (χ1n) is 6.89. The second-order valence-electron chi connectivity index (χ2n) is 5.52. The molecule has 0 aliphatic carbocycles. The van der Waals surface area contributed by atoms with Crippen LogP contribution in [0.3, 0.4) is 0 Å². The van der Waals surface area contributed by atoms with Crippen molar-refractivity contribution < 1.29 is 13.2 Å². The van der Waals surface area contributed by atoms with Crippen molar-refractivity contribution in [1.82, 2.24) is 5.32 Å². The summed E-state index contributed by atoms with van der Waals surface area (Å²) in [4.78, 5) is 12.2. The first kappa shape index (κ1) is 13.4. The monoisotopic (exact) mass is 294 g/mol. The highest BCUT2D eigenvalue weighted by atomic mass is 32.2. The van der Waals surface area contributed by atoms with Gasteiger partial charge in [0.05, 0.1) is 11.5 Å². The van der Waals surface area contributed by atoms with Crippen LogP contribution in [0, 0.1) is 0 Å². The van der Waals surface area contributed by atoms with Gasteiger partial charge in [0.25, 0.3) is 0 Å². The predicted octanol–water partition coefficient (Wildman–Crippen LogP) is 0.717. The number of fused-ring (bicyclic) bond motifs is 1. The molecule has 2 heterocycles. The van der Waals surface area contributed by atoms with Gasteiger partial charge in [0.15, 0.2) is 9.84 Å². The lowest BCUT2D eigenvalue weighted by atomic mass is 10.1. The first-order chi connectivity index (χ1) is 9.53. The van der Waals surface area contributed by atoms with E-state index in [1.165, 1.54) is 0 Å². The number of carbonyl (C=O) groups is 1. The summed E-state index contributed by atoms with van der Waals surface area (Å²) in [5.74, 6) is 0.202. The van der Waals surface area contributed by atoms with E-state index in [-0.39, 0.29) is 29.5 Å². The summed E-state index contributed by atoms with van der Waals surface area (Å²) >= 11 is 0. The molecule has 2 aliphatic rings. The molecular weight excluding hydrogens is 276 g/mol. The third-order valence-electron chi connectivity index (χ3n) is 3.90. The van der Waals surface area contributed by atoms with Gasteiger partial charge in [-0.05, 0) is 24.5 Å². The Morgan fingerprint density at radius 1 is 1.30 bits per heavy atom. The fraction of sp³-hybridized carbons (Fsp3) is 0.500. The number of para-hydroxylation sites is 1. The van der Waals surface area contributed by atoms with Crippen LogP contribution in [0.15, 0.2) is 24.3 Å². The minimum absolute atomic E-state index is 0.0679. The standard InChI is InChI=1S/C14H18N2O3S/c17-14(15-11-5-3-7-20(18,19)9-11)13-8-10-4-1-2-6-12(10)16-13/h1-2,4,6,11,13,16H,3,5,7-9H2,(H,15,17). The Hall–Kier alpha value is -1.56. The van der Waals surface area contributed by atoms with Crippen LogP contribution in [0.1, 0.15) is 18.4 Å². The molecule has 2 aliphatic heterocycles. The molecule has 1 aromatic rings. The van der Waals surface area contributed by atoms with Crippen molar-refractivity contribution in [2.75, 3.05) is 16.8 Å². The normalized spacial score (nSPS) is 27.4. The third kappa shape index (κ3) is 2.80. The van der Waals surface area contributed by atoms with Gasteiger partial charge in [0.1, 0.15) is 6.04 Å². The van der Waals surface area contributed by atoms with Crippen LogP contribution >= 0.6 is 0 Å². The van der Waals surface area contributed by atoms with E-state index >= 15 is 0 Å². The molecule has 3 rings (SSSR count). The van der Waals surface area contributed by atoms with Crippen molar-refractivity contribution in [1.29, 1.82) is 0 Å². The van der Waals surface area contributed by atoms with Gasteiger partial charge in [-0.25, -0.2) is 8.42 Å². The van der Waals surface area contributed by atoms with E-state index in [4.69, 9.17) is 0 Å². The number of hydrogen-bond donors (Lipinski definition) is 2. The van der Waals surface area contributed by atoms with Crippen molar-refractivity contribution in [2.45, 2.75) is 31.3 Å². The average molecular weight is 294 g/mol. The maximum absolute atomic E-state index is 12.2. The lowest BCUT2D eigenvalue weighted by Gasteiger charge is -2.24. The number of sulfone groups is 1. The van der Waals surface area contributed by atoms with Gasteiger partial charge in [-0.1, -0.05) is 18.2 Å². The fourth-order valence-electron chi connectivity index (χ4n) is 2.89. The lowest BCUT2D eigenvalue weighted by molar-refractivity contribution is -0.122. The van der Waals surface area contributed by atoms with Crippen molar-refractivity contribution in [3.63, 3.8) is 0 Å². The Balaban J connectivity index is 1.61. The molecule has 1 saturated heterocycles. The molecule has 0 bridgehead atoms. The fourth-order valence-corrected chi connectivity index (χ4v) is 4.53. The summed E-state index contributed by atoms with van der Waals surface area (Å²) in [5.41, 5.74) is 2.12. The second kappa shape index (κ2) is 5.09. The number of hydrogen-bond acceptors (Lipinski definition) is 4. The van der Waals surface area contributed by atoms with Crippen LogP contribution in [0.25, 0.3) is 0 Å². The molecule has 1 aromatic carbocycles. The molecule has 0 spiro atoms. The van der Waals surface area contributed by atoms with Crippen molar-refractivity contribution in [3.8, 4) is 0 Å². The quantitative estimate of drug-likeness (QED) is 0.842. The van der Waals surface area contributed by atoms with Crippen molar-refractivity contribution >= 4 is 21.4 Å². The van der Waals surface area contributed by atoms with E-state index in [1.54, 1.807) is 0 Å². The molecular formula is C14H18N2O3S. The van der Waals surface area contributed by atoms with Crippen LogP contribution in [0.4, 0.5) is 5.69 Å². The van der Waals surface area contributed by atoms with Gasteiger partial charge in [0.2, 0.25) is 5.91 Å². The summed E-state index contributed by atoms with van der Waals surface area (Å²) in [6.45, 7) is 0. The molecule has 2 atom stereocenters. The van der Waals surface area contributed by atoms with Crippen molar-refractivity contribution in [3.05, 3.63) is 29.8 Å². The van der Waals surface area contributed by atoms with Gasteiger partial charge in [0, 0.05) is 18.2 Å². The molecule has 0 radical (unpaired) electrons. The molecule has 20 heavy (non-hydrogen) atoms. The van der Waals surface area contributed by atoms with Gasteiger partial charge in [-0.3, -0.25) is 4.79 Å². The Labute approximate surface area is 118 Å². The molecule has 2 unspecified atom stereocenters. The zero-order valence-corrected chi connectivity index (χ0v) is 11.9. The number of carbonyl (C=O) groups excluding carboxylic acids is 1. The Bertz CT molecular complexity index is 602. The molecule has 0 saturated carbocycles. The molecule has 6 heteroatoms. The van der Waals surface area contributed by atoms with Crippen LogP contribution in [0.5, 0.6) is 0 Å². The van der Waals surface area contributed by atoms with Gasteiger partial charge >= 0.3 is 0 Å². The SMILES string of the molecule is O=C(NC1CCCS(=O)(=O)C1)C1Cc2ccccc2N1. The van der Waals surface area contributed by atoms with Crippen LogP contribution < -0.4 is 10.6 Å². The molecule has 5 nitrogen and oxygen atoms in total. The van der Waals surface area contributed by atoms with E-state index in [0.717, 1.165) is 17.7 Å². The number of rotatable bonds is 2. The van der Waals surface area contributed by atoms with Gasteiger partial charge in [-0.2, -0.15) is 0 Å². The molecule has 2 N–H and O–H groups in total. The number of benzene rings is 1. The number of amides is 1. The molecule has 108 valence electrons. The van der Waals surface area contributed by atoms with Gasteiger partial charge < -0.3 is 10.6 Å². The Morgan fingerprint density at radius 3 is 2.85 bits per heavy atom.